The van der Waals surface area contributed by atoms with Crippen molar-refractivity contribution in [3.63, 3.8) is 0 Å². The highest BCUT2D eigenvalue weighted by Gasteiger charge is 2.30. The second-order valence-corrected chi connectivity index (χ2v) is 8.12. The van der Waals surface area contributed by atoms with E-state index in [0.29, 0.717) is 5.91 Å². The summed E-state index contributed by atoms with van der Waals surface area (Å²) in [4.78, 5) is 17.4. The molecule has 0 bridgehead atoms. The van der Waals surface area contributed by atoms with E-state index in [0.717, 1.165) is 56.0 Å². The van der Waals surface area contributed by atoms with E-state index in [4.69, 9.17) is 0 Å². The maximum absolute atomic E-state index is 12.8. The molecule has 2 aliphatic heterocycles. The predicted molar refractivity (Wildman–Crippen MR) is 97.1 cm³/mol. The Hall–Kier alpha value is -0.870. The third-order valence-corrected chi connectivity index (χ3v) is 5.80. The quantitative estimate of drug-likeness (QED) is 0.795. The Balaban J connectivity index is 1.55. The topological polar surface area (TPSA) is 23.6 Å². The molecule has 0 radical (unpaired) electrons. The normalized spacial score (nSPS) is 23.9. The molecule has 3 rings (SSSR count). The van der Waals surface area contributed by atoms with Gasteiger partial charge in [-0.05, 0) is 55.8 Å². The number of amides is 1. The molecule has 3 nitrogen and oxygen atoms in total. The number of halogens is 1. The van der Waals surface area contributed by atoms with Gasteiger partial charge >= 0.3 is 0 Å². The van der Waals surface area contributed by atoms with Crippen molar-refractivity contribution in [2.75, 3.05) is 26.2 Å². The van der Waals surface area contributed by atoms with Crippen LogP contribution in [0.2, 0.25) is 0 Å². The highest BCUT2D eigenvalue weighted by molar-refractivity contribution is 9.10. The van der Waals surface area contributed by atoms with Gasteiger partial charge in [-0.2, -0.15) is 0 Å². The molecule has 0 N–H and O–H groups in total. The van der Waals surface area contributed by atoms with E-state index in [-0.39, 0.29) is 5.92 Å². The zero-order valence-corrected chi connectivity index (χ0v) is 15.6. The van der Waals surface area contributed by atoms with E-state index in [9.17, 15) is 4.79 Å². The second kappa shape index (κ2) is 7.80. The van der Waals surface area contributed by atoms with E-state index in [1.807, 2.05) is 0 Å². The Kier molecular flexibility index (Phi) is 5.76. The number of likely N-dealkylation sites (tertiary alicyclic amines) is 2. The van der Waals surface area contributed by atoms with E-state index >= 15 is 0 Å². The Morgan fingerprint density at radius 3 is 2.52 bits per heavy atom. The molecule has 1 aromatic carbocycles. The van der Waals surface area contributed by atoms with Crippen LogP contribution in [0.25, 0.3) is 0 Å². The maximum atomic E-state index is 12.8. The minimum absolute atomic E-state index is 0.201. The Bertz CT molecular complexity index is 523. The lowest BCUT2D eigenvalue weighted by atomic mass is 9.93. The van der Waals surface area contributed by atoms with Gasteiger partial charge in [-0.3, -0.25) is 9.69 Å². The number of nitrogens with zero attached hydrogens (tertiary/aromatic N) is 2. The summed E-state index contributed by atoms with van der Waals surface area (Å²) in [6.07, 6.45) is 4.53. The van der Waals surface area contributed by atoms with Gasteiger partial charge in [-0.1, -0.05) is 35.0 Å². The van der Waals surface area contributed by atoms with Crippen LogP contribution in [0.15, 0.2) is 28.7 Å². The third-order valence-electron chi connectivity index (χ3n) is 5.27. The molecule has 2 fully saturated rings. The largest absolute Gasteiger partial charge is 0.342 e. The summed E-state index contributed by atoms with van der Waals surface area (Å²) in [5, 5.41) is 0. The van der Waals surface area contributed by atoms with Crippen LogP contribution in [0.1, 0.15) is 38.2 Å². The number of piperidine rings is 2. The van der Waals surface area contributed by atoms with Gasteiger partial charge in [0.2, 0.25) is 5.91 Å². The maximum Gasteiger partial charge on any atom is 0.226 e. The van der Waals surface area contributed by atoms with Crippen LogP contribution in [0.5, 0.6) is 0 Å². The molecular formula is C19H27BrN2O. The first-order valence-electron chi connectivity index (χ1n) is 8.87. The van der Waals surface area contributed by atoms with Crippen LogP contribution >= 0.6 is 15.9 Å². The van der Waals surface area contributed by atoms with E-state index < -0.39 is 0 Å². The van der Waals surface area contributed by atoms with Crippen molar-refractivity contribution in [2.45, 2.75) is 39.2 Å². The van der Waals surface area contributed by atoms with Crippen LogP contribution in [0, 0.1) is 11.8 Å². The molecular weight excluding hydrogens is 352 g/mol. The molecule has 23 heavy (non-hydrogen) atoms. The van der Waals surface area contributed by atoms with Crippen LogP contribution in [-0.2, 0) is 11.3 Å². The van der Waals surface area contributed by atoms with Gasteiger partial charge in [-0.15, -0.1) is 0 Å². The molecule has 2 saturated heterocycles. The molecule has 2 heterocycles. The van der Waals surface area contributed by atoms with Crippen molar-refractivity contribution in [1.29, 1.82) is 0 Å². The van der Waals surface area contributed by atoms with Crippen molar-refractivity contribution < 1.29 is 4.79 Å². The van der Waals surface area contributed by atoms with Crippen molar-refractivity contribution in [2.24, 2.45) is 11.8 Å². The summed E-state index contributed by atoms with van der Waals surface area (Å²) in [6, 6.07) is 8.52. The van der Waals surface area contributed by atoms with Crippen LogP contribution in [0.3, 0.4) is 0 Å². The van der Waals surface area contributed by atoms with Gasteiger partial charge < -0.3 is 4.90 Å². The fraction of sp³-hybridized carbons (Fsp3) is 0.632. The number of hydrogen-bond donors (Lipinski definition) is 0. The first-order valence-corrected chi connectivity index (χ1v) is 9.66. The van der Waals surface area contributed by atoms with E-state index in [2.05, 4.69) is 56.9 Å². The van der Waals surface area contributed by atoms with Gasteiger partial charge in [-0.25, -0.2) is 0 Å². The van der Waals surface area contributed by atoms with Gasteiger partial charge in [0.1, 0.15) is 0 Å². The van der Waals surface area contributed by atoms with Crippen LogP contribution < -0.4 is 0 Å². The summed E-state index contributed by atoms with van der Waals surface area (Å²) >= 11 is 3.48. The number of carbonyl (C=O) groups is 1. The fourth-order valence-corrected chi connectivity index (χ4v) is 4.00. The van der Waals surface area contributed by atoms with Crippen molar-refractivity contribution >= 4 is 21.8 Å². The molecule has 1 atom stereocenters. The van der Waals surface area contributed by atoms with E-state index in [1.165, 1.54) is 18.4 Å². The SMILES string of the molecule is CC1CCN(C(=O)C2CCCN(Cc3ccc(Br)cc3)C2)CC1. The standard InChI is InChI=1S/C19H27BrN2O/c1-15-8-11-22(12-9-15)19(23)17-3-2-10-21(14-17)13-16-4-6-18(20)7-5-16/h4-7,15,17H,2-3,8-14H2,1H3. The minimum Gasteiger partial charge on any atom is -0.342 e. The van der Waals surface area contributed by atoms with Crippen molar-refractivity contribution in [3.05, 3.63) is 34.3 Å². The third kappa shape index (κ3) is 4.57. The second-order valence-electron chi connectivity index (χ2n) is 7.21. The van der Waals surface area contributed by atoms with Gasteiger partial charge in [0.15, 0.2) is 0 Å². The highest BCUT2D eigenvalue weighted by atomic mass is 79.9. The molecule has 0 aromatic heterocycles. The van der Waals surface area contributed by atoms with Gasteiger partial charge in [0.05, 0.1) is 5.92 Å². The van der Waals surface area contributed by atoms with E-state index in [1.54, 1.807) is 0 Å². The Labute approximate surface area is 148 Å². The first-order chi connectivity index (χ1) is 11.1. The molecule has 1 aromatic rings. The fourth-order valence-electron chi connectivity index (χ4n) is 3.74. The summed E-state index contributed by atoms with van der Waals surface area (Å²) < 4.78 is 1.12. The molecule has 0 spiro atoms. The first kappa shape index (κ1) is 17.0. The van der Waals surface area contributed by atoms with Gasteiger partial charge in [0.25, 0.3) is 0 Å². The average molecular weight is 379 g/mol. The summed E-state index contributed by atoms with van der Waals surface area (Å²) in [7, 11) is 0. The summed E-state index contributed by atoms with van der Waals surface area (Å²) in [5.41, 5.74) is 1.33. The van der Waals surface area contributed by atoms with Crippen LogP contribution in [0.4, 0.5) is 0 Å². The highest BCUT2D eigenvalue weighted by Crippen LogP contribution is 2.24. The monoisotopic (exact) mass is 378 g/mol. The number of benzene rings is 1. The molecule has 1 amide bonds. The molecule has 4 heteroatoms. The number of hydrogen-bond acceptors (Lipinski definition) is 2. The van der Waals surface area contributed by atoms with Gasteiger partial charge in [0, 0.05) is 30.7 Å². The minimum atomic E-state index is 0.201. The zero-order chi connectivity index (χ0) is 16.2. The summed E-state index contributed by atoms with van der Waals surface area (Å²) in [6.45, 7) is 7.20. The average Bonchev–Trinajstić information content (AvgIpc) is 2.57. The zero-order valence-electron chi connectivity index (χ0n) is 14.0. The summed E-state index contributed by atoms with van der Waals surface area (Å²) in [5.74, 6) is 1.38. The number of carbonyl (C=O) groups excluding carboxylic acids is 1. The smallest absolute Gasteiger partial charge is 0.226 e. The lowest BCUT2D eigenvalue weighted by Gasteiger charge is -2.37. The molecule has 0 aliphatic carbocycles. The molecule has 2 aliphatic rings. The van der Waals surface area contributed by atoms with Crippen LogP contribution in [-0.4, -0.2) is 41.9 Å². The Morgan fingerprint density at radius 2 is 1.83 bits per heavy atom. The molecule has 1 unspecified atom stereocenters. The number of rotatable bonds is 3. The predicted octanol–water partition coefficient (Wildman–Crippen LogP) is 3.92. The molecule has 0 saturated carbocycles. The van der Waals surface area contributed by atoms with Crippen molar-refractivity contribution in [1.82, 2.24) is 9.80 Å². The molecule has 126 valence electrons. The Morgan fingerprint density at radius 1 is 1.13 bits per heavy atom. The lowest BCUT2D eigenvalue weighted by molar-refractivity contribution is -0.138. The lowest BCUT2D eigenvalue weighted by Crippen LogP contribution is -2.46. The van der Waals surface area contributed by atoms with Crippen molar-refractivity contribution in [3.8, 4) is 0 Å².